The summed E-state index contributed by atoms with van der Waals surface area (Å²) in [5, 5.41) is 0. The molecule has 0 heterocycles. The van der Waals surface area contributed by atoms with E-state index in [0.29, 0.717) is 11.8 Å². The number of hydrogen-bond acceptors (Lipinski definition) is 0. The summed E-state index contributed by atoms with van der Waals surface area (Å²) in [4.78, 5) is 0. The van der Waals surface area contributed by atoms with Crippen molar-refractivity contribution in [1.82, 2.24) is 0 Å². The average Bonchev–Trinajstić information content (AvgIpc) is 2.50. The Hall–Kier alpha value is -0.490. The molecular formula is C19H31Cl. The number of halogens is 1. The fourth-order valence-corrected chi connectivity index (χ4v) is 2.86. The number of unbranched alkanes of at least 4 members (excludes halogenated alkanes) is 7. The predicted octanol–water partition coefficient (Wildman–Crippen LogP) is 7.06. The van der Waals surface area contributed by atoms with E-state index in [-0.39, 0.29) is 0 Å². The van der Waals surface area contributed by atoms with Gasteiger partial charge >= 0.3 is 0 Å². The lowest BCUT2D eigenvalue weighted by Gasteiger charge is -2.12. The Kier molecular flexibility index (Phi) is 9.83. The Labute approximate surface area is 130 Å². The molecule has 20 heavy (non-hydrogen) atoms. The van der Waals surface area contributed by atoms with Crippen molar-refractivity contribution in [3.63, 3.8) is 0 Å². The van der Waals surface area contributed by atoms with Crippen LogP contribution in [0.15, 0.2) is 24.3 Å². The lowest BCUT2D eigenvalue weighted by atomic mass is 9.94. The van der Waals surface area contributed by atoms with E-state index in [1.54, 1.807) is 0 Å². The first kappa shape index (κ1) is 17.6. The van der Waals surface area contributed by atoms with E-state index < -0.39 is 0 Å². The van der Waals surface area contributed by atoms with Gasteiger partial charge in [-0.3, -0.25) is 0 Å². The molecule has 0 aliphatic carbocycles. The maximum atomic E-state index is 5.82. The average molecular weight is 295 g/mol. The molecule has 1 aromatic rings. The van der Waals surface area contributed by atoms with Gasteiger partial charge in [0, 0.05) is 5.88 Å². The molecule has 0 aromatic heterocycles. The second-order valence-corrected chi connectivity index (χ2v) is 6.31. The molecule has 0 N–H and O–H groups in total. The minimum atomic E-state index is 0.618. The van der Waals surface area contributed by atoms with Crippen molar-refractivity contribution < 1.29 is 0 Å². The normalized spacial score (nSPS) is 12.6. The molecule has 114 valence electrons. The van der Waals surface area contributed by atoms with Crippen LogP contribution < -0.4 is 0 Å². The summed E-state index contributed by atoms with van der Waals surface area (Å²) in [5.41, 5.74) is 2.68. The van der Waals surface area contributed by atoms with E-state index in [9.17, 15) is 0 Å². The quantitative estimate of drug-likeness (QED) is 0.303. The minimum Gasteiger partial charge on any atom is -0.122 e. The third kappa shape index (κ3) is 7.33. The van der Waals surface area contributed by atoms with Crippen molar-refractivity contribution in [2.75, 3.05) is 0 Å². The van der Waals surface area contributed by atoms with Crippen LogP contribution in [0.2, 0.25) is 0 Å². The first-order chi connectivity index (χ1) is 9.77. The first-order valence-electron chi connectivity index (χ1n) is 8.42. The van der Waals surface area contributed by atoms with E-state index in [2.05, 4.69) is 38.1 Å². The van der Waals surface area contributed by atoms with Gasteiger partial charge in [0.05, 0.1) is 0 Å². The van der Waals surface area contributed by atoms with Crippen LogP contribution in [0.3, 0.4) is 0 Å². The Morgan fingerprint density at radius 1 is 0.850 bits per heavy atom. The zero-order valence-electron chi connectivity index (χ0n) is 13.3. The molecule has 0 aliphatic rings. The van der Waals surface area contributed by atoms with Gasteiger partial charge in [-0.2, -0.15) is 0 Å². The molecule has 1 rings (SSSR count). The standard InChI is InChI=1S/C19H31Cl/c1-3-4-5-6-7-8-9-10-11-17(2)19-14-12-18(16-20)13-15-19/h12-15,17H,3-11,16H2,1-2H3. The van der Waals surface area contributed by atoms with Gasteiger partial charge in [-0.15, -0.1) is 11.6 Å². The smallest absolute Gasteiger partial charge is 0.0474 e. The van der Waals surface area contributed by atoms with Crippen LogP contribution in [-0.4, -0.2) is 0 Å². The maximum Gasteiger partial charge on any atom is 0.0474 e. The van der Waals surface area contributed by atoms with Crippen molar-refractivity contribution in [1.29, 1.82) is 0 Å². The first-order valence-corrected chi connectivity index (χ1v) is 8.96. The molecule has 0 spiro atoms. The Balaban J connectivity index is 2.08. The second kappa shape index (κ2) is 11.2. The third-order valence-electron chi connectivity index (χ3n) is 4.19. The highest BCUT2D eigenvalue weighted by atomic mass is 35.5. The van der Waals surface area contributed by atoms with Crippen LogP contribution in [-0.2, 0) is 5.88 Å². The molecule has 0 bridgehead atoms. The summed E-state index contributed by atoms with van der Waals surface area (Å²) < 4.78 is 0. The Bertz CT molecular complexity index is 328. The second-order valence-electron chi connectivity index (χ2n) is 6.04. The van der Waals surface area contributed by atoms with E-state index >= 15 is 0 Å². The van der Waals surface area contributed by atoms with Crippen molar-refractivity contribution in [3.8, 4) is 0 Å². The summed E-state index contributed by atoms with van der Waals surface area (Å²) in [6.45, 7) is 4.62. The van der Waals surface area contributed by atoms with Gasteiger partial charge in [0.1, 0.15) is 0 Å². The van der Waals surface area contributed by atoms with Gasteiger partial charge in [0.15, 0.2) is 0 Å². The lowest BCUT2D eigenvalue weighted by molar-refractivity contribution is 0.543. The van der Waals surface area contributed by atoms with Crippen LogP contribution in [0.4, 0.5) is 0 Å². The van der Waals surface area contributed by atoms with Crippen LogP contribution in [0.1, 0.15) is 88.7 Å². The number of rotatable bonds is 11. The fourth-order valence-electron chi connectivity index (χ4n) is 2.69. The number of benzene rings is 1. The summed E-state index contributed by atoms with van der Waals surface area (Å²) in [7, 11) is 0. The highest BCUT2D eigenvalue weighted by molar-refractivity contribution is 6.17. The van der Waals surface area contributed by atoms with Gasteiger partial charge in [-0.25, -0.2) is 0 Å². The Morgan fingerprint density at radius 3 is 1.95 bits per heavy atom. The number of hydrogen-bond donors (Lipinski definition) is 0. The molecule has 1 atom stereocenters. The topological polar surface area (TPSA) is 0 Å². The van der Waals surface area contributed by atoms with E-state index in [0.717, 1.165) is 0 Å². The molecule has 1 aromatic carbocycles. The largest absolute Gasteiger partial charge is 0.122 e. The molecule has 0 amide bonds. The van der Waals surface area contributed by atoms with Crippen LogP contribution in [0, 0.1) is 0 Å². The summed E-state index contributed by atoms with van der Waals surface area (Å²) in [6, 6.07) is 8.80. The minimum absolute atomic E-state index is 0.618. The van der Waals surface area contributed by atoms with Crippen LogP contribution >= 0.6 is 11.6 Å². The van der Waals surface area contributed by atoms with E-state index in [1.165, 1.54) is 68.9 Å². The molecule has 0 aliphatic heterocycles. The Morgan fingerprint density at radius 2 is 1.40 bits per heavy atom. The van der Waals surface area contributed by atoms with Gasteiger partial charge in [-0.1, -0.05) is 89.5 Å². The molecule has 1 unspecified atom stereocenters. The summed E-state index contributed by atoms with van der Waals surface area (Å²) in [5.74, 6) is 1.30. The zero-order chi connectivity index (χ0) is 14.6. The van der Waals surface area contributed by atoms with Crippen molar-refractivity contribution in [2.24, 2.45) is 0 Å². The molecular weight excluding hydrogens is 264 g/mol. The zero-order valence-corrected chi connectivity index (χ0v) is 14.1. The van der Waals surface area contributed by atoms with Gasteiger partial charge < -0.3 is 0 Å². The molecule has 0 saturated heterocycles. The van der Waals surface area contributed by atoms with Gasteiger partial charge in [-0.05, 0) is 23.5 Å². The summed E-state index contributed by atoms with van der Waals surface area (Å²) >= 11 is 5.82. The maximum absolute atomic E-state index is 5.82. The van der Waals surface area contributed by atoms with E-state index in [4.69, 9.17) is 11.6 Å². The van der Waals surface area contributed by atoms with Crippen LogP contribution in [0.25, 0.3) is 0 Å². The molecule has 0 radical (unpaired) electrons. The molecule has 0 fully saturated rings. The van der Waals surface area contributed by atoms with Crippen molar-refractivity contribution in [2.45, 2.75) is 83.4 Å². The SMILES string of the molecule is CCCCCCCCCCC(C)c1ccc(CCl)cc1. The van der Waals surface area contributed by atoms with Crippen LogP contribution in [0.5, 0.6) is 0 Å². The molecule has 0 saturated carbocycles. The van der Waals surface area contributed by atoms with Gasteiger partial charge in [0.25, 0.3) is 0 Å². The highest BCUT2D eigenvalue weighted by Gasteiger charge is 2.05. The van der Waals surface area contributed by atoms with Gasteiger partial charge in [0.2, 0.25) is 0 Å². The number of alkyl halides is 1. The van der Waals surface area contributed by atoms with Crippen molar-refractivity contribution in [3.05, 3.63) is 35.4 Å². The summed E-state index contributed by atoms with van der Waals surface area (Å²) in [6.07, 6.45) is 12.6. The van der Waals surface area contributed by atoms with Crippen molar-refractivity contribution >= 4 is 11.6 Å². The third-order valence-corrected chi connectivity index (χ3v) is 4.50. The predicted molar refractivity (Wildman–Crippen MR) is 91.6 cm³/mol. The van der Waals surface area contributed by atoms with E-state index in [1.807, 2.05) is 0 Å². The molecule has 1 heteroatoms. The lowest BCUT2D eigenvalue weighted by Crippen LogP contribution is -1.94. The monoisotopic (exact) mass is 294 g/mol. The molecule has 0 nitrogen and oxygen atoms in total. The fraction of sp³-hybridized carbons (Fsp3) is 0.684. The highest BCUT2D eigenvalue weighted by Crippen LogP contribution is 2.23.